The van der Waals surface area contributed by atoms with E-state index in [1.807, 2.05) is 48.2 Å². The van der Waals surface area contributed by atoms with E-state index in [2.05, 4.69) is 15.5 Å². The number of fused-ring (bicyclic) bond motifs is 1. The van der Waals surface area contributed by atoms with Crippen LogP contribution in [0.4, 0.5) is 11.6 Å². The molecule has 0 spiro atoms. The number of hydrogen-bond donors (Lipinski definition) is 1. The summed E-state index contributed by atoms with van der Waals surface area (Å²) in [7, 11) is 5.42. The number of likely N-dealkylation sites (N-methyl/N-ethyl adjacent to an activating group) is 1. The predicted octanol–water partition coefficient (Wildman–Crippen LogP) is 0.0900. The van der Waals surface area contributed by atoms with E-state index in [0.717, 1.165) is 11.4 Å². The van der Waals surface area contributed by atoms with Crippen LogP contribution in [-0.4, -0.2) is 66.4 Å². The number of carbonyl (C=O) groups excluding carboxylic acids is 1. The Hall–Kier alpha value is -2.94. The number of benzene rings is 1. The highest BCUT2D eigenvalue weighted by molar-refractivity contribution is 5.91. The summed E-state index contributed by atoms with van der Waals surface area (Å²) < 4.78 is 6.64. The molecule has 1 aliphatic rings. The molecule has 9 heteroatoms. The van der Waals surface area contributed by atoms with Gasteiger partial charge in [0.1, 0.15) is 5.75 Å². The van der Waals surface area contributed by atoms with Crippen LogP contribution in [0.3, 0.4) is 0 Å². The summed E-state index contributed by atoms with van der Waals surface area (Å²) >= 11 is 0. The lowest BCUT2D eigenvalue weighted by Gasteiger charge is -2.17. The van der Waals surface area contributed by atoms with Gasteiger partial charge in [-0.05, 0) is 38.4 Å². The summed E-state index contributed by atoms with van der Waals surface area (Å²) in [5, 5.41) is 10.7. The van der Waals surface area contributed by atoms with E-state index < -0.39 is 11.5 Å². The van der Waals surface area contributed by atoms with E-state index in [0.29, 0.717) is 32.1 Å². The van der Waals surface area contributed by atoms with Gasteiger partial charge in [0.05, 0.1) is 7.11 Å². The largest absolute Gasteiger partial charge is 0.497 e. The second-order valence-corrected chi connectivity index (χ2v) is 6.21. The standard InChI is InChI=1S/C17H22N6O3/c1-21(2)9-8-18-15(24)14-16(25)23-11-10-22(17(23)20-19-14)12-4-6-13(26-3)7-5-12/h4-7H,8-11H2,1-3H3,(H,18,24). The van der Waals surface area contributed by atoms with E-state index >= 15 is 0 Å². The normalized spacial score (nSPS) is 13.0. The zero-order chi connectivity index (χ0) is 18.7. The molecule has 1 amide bonds. The summed E-state index contributed by atoms with van der Waals surface area (Å²) in [4.78, 5) is 28.6. The Morgan fingerprint density at radius 2 is 1.96 bits per heavy atom. The maximum absolute atomic E-state index is 12.6. The Kier molecular flexibility index (Phi) is 5.17. The van der Waals surface area contributed by atoms with Gasteiger partial charge in [-0.3, -0.25) is 14.2 Å². The minimum absolute atomic E-state index is 0.177. The van der Waals surface area contributed by atoms with Crippen molar-refractivity contribution in [2.24, 2.45) is 0 Å². The van der Waals surface area contributed by atoms with E-state index in [9.17, 15) is 9.59 Å². The molecule has 1 aromatic heterocycles. The van der Waals surface area contributed by atoms with Gasteiger partial charge in [-0.15, -0.1) is 10.2 Å². The summed E-state index contributed by atoms with van der Waals surface area (Å²) in [6, 6.07) is 7.47. The predicted molar refractivity (Wildman–Crippen MR) is 97.2 cm³/mol. The third-order valence-electron chi connectivity index (χ3n) is 4.16. The molecule has 0 radical (unpaired) electrons. The number of amides is 1. The Bertz CT molecular complexity index is 847. The molecule has 26 heavy (non-hydrogen) atoms. The van der Waals surface area contributed by atoms with Crippen LogP contribution in [0.25, 0.3) is 0 Å². The molecule has 0 fully saturated rings. The van der Waals surface area contributed by atoms with Crippen LogP contribution in [-0.2, 0) is 6.54 Å². The van der Waals surface area contributed by atoms with E-state index in [1.165, 1.54) is 4.57 Å². The minimum Gasteiger partial charge on any atom is -0.497 e. The molecule has 1 aliphatic heterocycles. The number of nitrogens with one attached hydrogen (secondary N) is 1. The average Bonchev–Trinajstić information content (AvgIpc) is 3.06. The Morgan fingerprint density at radius 1 is 1.23 bits per heavy atom. The van der Waals surface area contributed by atoms with Gasteiger partial charge < -0.3 is 19.9 Å². The van der Waals surface area contributed by atoms with Crippen molar-refractivity contribution in [3.8, 4) is 5.75 Å². The van der Waals surface area contributed by atoms with Gasteiger partial charge in [0.25, 0.3) is 11.5 Å². The Balaban J connectivity index is 1.81. The van der Waals surface area contributed by atoms with Crippen LogP contribution in [0.15, 0.2) is 29.1 Å². The fourth-order valence-electron chi connectivity index (χ4n) is 2.74. The molecule has 0 unspecified atom stereocenters. The molecule has 0 saturated carbocycles. The summed E-state index contributed by atoms with van der Waals surface area (Å²) in [5.74, 6) is 0.689. The van der Waals surface area contributed by atoms with Crippen molar-refractivity contribution in [1.82, 2.24) is 25.0 Å². The first-order valence-electron chi connectivity index (χ1n) is 8.33. The van der Waals surface area contributed by atoms with Crippen molar-refractivity contribution < 1.29 is 9.53 Å². The van der Waals surface area contributed by atoms with E-state index in [-0.39, 0.29) is 5.69 Å². The number of nitrogens with zero attached hydrogens (tertiary/aromatic N) is 5. The van der Waals surface area contributed by atoms with Crippen LogP contribution in [0.2, 0.25) is 0 Å². The quantitative estimate of drug-likeness (QED) is 0.782. The monoisotopic (exact) mass is 358 g/mol. The van der Waals surface area contributed by atoms with Crippen LogP contribution in [0, 0.1) is 0 Å². The smallest absolute Gasteiger partial charge is 0.286 e. The Labute approximate surface area is 151 Å². The molecule has 1 N–H and O–H groups in total. The summed E-state index contributed by atoms with van der Waals surface area (Å²) in [5.41, 5.74) is 0.284. The molecule has 3 rings (SSSR count). The lowest BCUT2D eigenvalue weighted by atomic mass is 10.3. The highest BCUT2D eigenvalue weighted by atomic mass is 16.5. The number of carbonyl (C=O) groups is 1. The van der Waals surface area contributed by atoms with Gasteiger partial charge >= 0.3 is 0 Å². The minimum atomic E-state index is -0.498. The summed E-state index contributed by atoms with van der Waals surface area (Å²) in [6.45, 7) is 2.15. The van der Waals surface area contributed by atoms with Crippen LogP contribution >= 0.6 is 0 Å². The van der Waals surface area contributed by atoms with Crippen molar-refractivity contribution in [2.45, 2.75) is 6.54 Å². The van der Waals surface area contributed by atoms with Crippen LogP contribution in [0.1, 0.15) is 10.5 Å². The molecule has 0 atom stereocenters. The fourth-order valence-corrected chi connectivity index (χ4v) is 2.74. The summed E-state index contributed by atoms with van der Waals surface area (Å²) in [6.07, 6.45) is 0. The molecule has 9 nitrogen and oxygen atoms in total. The number of anilines is 2. The van der Waals surface area contributed by atoms with E-state index in [1.54, 1.807) is 7.11 Å². The van der Waals surface area contributed by atoms with Crippen molar-refractivity contribution >= 4 is 17.5 Å². The second kappa shape index (κ2) is 7.52. The molecule has 0 bridgehead atoms. The van der Waals surface area contributed by atoms with Gasteiger partial charge in [0, 0.05) is 31.9 Å². The zero-order valence-corrected chi connectivity index (χ0v) is 15.1. The fraction of sp³-hybridized carbons (Fsp3) is 0.412. The van der Waals surface area contributed by atoms with Crippen molar-refractivity contribution in [2.75, 3.05) is 45.7 Å². The van der Waals surface area contributed by atoms with Crippen LogP contribution < -0.4 is 20.5 Å². The molecular formula is C17H22N6O3. The number of aromatic nitrogens is 3. The number of methoxy groups -OCH3 is 1. The van der Waals surface area contributed by atoms with E-state index in [4.69, 9.17) is 4.74 Å². The van der Waals surface area contributed by atoms with Gasteiger partial charge in [-0.2, -0.15) is 0 Å². The molecular weight excluding hydrogens is 336 g/mol. The first-order valence-corrected chi connectivity index (χ1v) is 8.33. The maximum atomic E-state index is 12.6. The number of rotatable bonds is 6. The molecule has 0 saturated heterocycles. The maximum Gasteiger partial charge on any atom is 0.286 e. The van der Waals surface area contributed by atoms with Gasteiger partial charge in [-0.1, -0.05) is 0 Å². The van der Waals surface area contributed by atoms with Crippen molar-refractivity contribution in [3.63, 3.8) is 0 Å². The lowest BCUT2D eigenvalue weighted by Crippen LogP contribution is -2.37. The third-order valence-corrected chi connectivity index (χ3v) is 4.16. The number of hydrogen-bond acceptors (Lipinski definition) is 7. The van der Waals surface area contributed by atoms with Gasteiger partial charge in [0.2, 0.25) is 11.6 Å². The highest BCUT2D eigenvalue weighted by Gasteiger charge is 2.27. The SMILES string of the molecule is COc1ccc(N2CCn3c2nnc(C(=O)NCCN(C)C)c3=O)cc1. The number of ether oxygens (including phenoxy) is 1. The van der Waals surface area contributed by atoms with Crippen molar-refractivity contribution in [3.05, 3.63) is 40.3 Å². The van der Waals surface area contributed by atoms with Crippen LogP contribution in [0.5, 0.6) is 5.75 Å². The second-order valence-electron chi connectivity index (χ2n) is 6.21. The molecule has 1 aromatic carbocycles. The molecule has 138 valence electrons. The zero-order valence-electron chi connectivity index (χ0n) is 15.1. The Morgan fingerprint density at radius 3 is 2.62 bits per heavy atom. The lowest BCUT2D eigenvalue weighted by molar-refractivity contribution is 0.0942. The molecule has 2 heterocycles. The first kappa shape index (κ1) is 17.9. The highest BCUT2D eigenvalue weighted by Crippen LogP contribution is 2.27. The topological polar surface area (TPSA) is 92.6 Å². The first-order chi connectivity index (χ1) is 12.5. The average molecular weight is 358 g/mol. The molecule has 0 aliphatic carbocycles. The molecule has 2 aromatic rings. The van der Waals surface area contributed by atoms with Gasteiger partial charge in [-0.25, -0.2) is 0 Å². The van der Waals surface area contributed by atoms with Gasteiger partial charge in [0.15, 0.2) is 0 Å². The van der Waals surface area contributed by atoms with Crippen molar-refractivity contribution in [1.29, 1.82) is 0 Å². The third kappa shape index (κ3) is 3.52.